The summed E-state index contributed by atoms with van der Waals surface area (Å²) in [4.78, 5) is 17.0. The first-order valence-corrected chi connectivity index (χ1v) is 11.6. The van der Waals surface area contributed by atoms with Crippen LogP contribution in [0.3, 0.4) is 0 Å². The van der Waals surface area contributed by atoms with Crippen LogP contribution in [-0.4, -0.2) is 25.9 Å². The summed E-state index contributed by atoms with van der Waals surface area (Å²) in [5, 5.41) is 15.7. The molecule has 0 aliphatic heterocycles. The SMILES string of the molecule is CCCCCc1cn(CC(=O)Nc2nc(-c3ccc4oc5ccccc5c4c3)cs2)nn1. The number of nitrogens with zero attached hydrogens (tertiary/aromatic N) is 4. The number of para-hydroxylation sites is 1. The molecule has 2 aromatic carbocycles. The number of hydrogen-bond donors (Lipinski definition) is 1. The normalized spacial score (nSPS) is 11.4. The Labute approximate surface area is 189 Å². The lowest BCUT2D eigenvalue weighted by molar-refractivity contribution is -0.116. The quantitative estimate of drug-likeness (QED) is 0.311. The van der Waals surface area contributed by atoms with E-state index >= 15 is 0 Å². The van der Waals surface area contributed by atoms with Gasteiger partial charge >= 0.3 is 0 Å². The Bertz CT molecular complexity index is 1380. The van der Waals surface area contributed by atoms with Gasteiger partial charge in [-0.25, -0.2) is 9.67 Å². The Balaban J connectivity index is 1.27. The summed E-state index contributed by atoms with van der Waals surface area (Å²) in [5.74, 6) is -0.174. The summed E-state index contributed by atoms with van der Waals surface area (Å²) >= 11 is 1.40. The van der Waals surface area contributed by atoms with Gasteiger partial charge in [0, 0.05) is 27.9 Å². The summed E-state index contributed by atoms with van der Waals surface area (Å²) in [6.07, 6.45) is 6.15. The fraction of sp³-hybridized carbons (Fsp3) is 0.250. The van der Waals surface area contributed by atoms with Crippen molar-refractivity contribution in [1.29, 1.82) is 0 Å². The average molecular weight is 446 g/mol. The van der Waals surface area contributed by atoms with Crippen LogP contribution in [0.5, 0.6) is 0 Å². The molecule has 0 spiro atoms. The molecule has 5 rings (SSSR count). The van der Waals surface area contributed by atoms with Crippen molar-refractivity contribution >= 4 is 44.3 Å². The van der Waals surface area contributed by atoms with Crippen LogP contribution in [0.2, 0.25) is 0 Å². The van der Waals surface area contributed by atoms with Gasteiger partial charge in [-0.05, 0) is 37.1 Å². The zero-order chi connectivity index (χ0) is 21.9. The molecule has 0 atom stereocenters. The molecule has 0 fully saturated rings. The number of nitrogens with one attached hydrogen (secondary N) is 1. The van der Waals surface area contributed by atoms with Crippen molar-refractivity contribution in [2.24, 2.45) is 0 Å². The molecule has 0 unspecified atom stereocenters. The highest BCUT2D eigenvalue weighted by Crippen LogP contribution is 2.33. The van der Waals surface area contributed by atoms with E-state index in [4.69, 9.17) is 4.42 Å². The van der Waals surface area contributed by atoms with Gasteiger partial charge in [-0.2, -0.15) is 0 Å². The molecule has 0 bridgehead atoms. The van der Waals surface area contributed by atoms with E-state index in [9.17, 15) is 4.79 Å². The molecule has 1 N–H and O–H groups in total. The van der Waals surface area contributed by atoms with E-state index in [1.165, 1.54) is 24.2 Å². The van der Waals surface area contributed by atoms with E-state index < -0.39 is 0 Å². The van der Waals surface area contributed by atoms with Crippen molar-refractivity contribution < 1.29 is 9.21 Å². The summed E-state index contributed by atoms with van der Waals surface area (Å²) in [6.45, 7) is 2.28. The summed E-state index contributed by atoms with van der Waals surface area (Å²) in [7, 11) is 0. The van der Waals surface area contributed by atoms with Gasteiger partial charge in [0.2, 0.25) is 5.91 Å². The summed E-state index contributed by atoms with van der Waals surface area (Å²) in [6, 6.07) is 14.0. The number of amides is 1. The van der Waals surface area contributed by atoms with Crippen LogP contribution in [0, 0.1) is 0 Å². The summed E-state index contributed by atoms with van der Waals surface area (Å²) in [5.41, 5.74) is 4.43. The maximum atomic E-state index is 12.4. The second-order valence-corrected chi connectivity index (χ2v) is 8.62. The third-order valence-electron chi connectivity index (χ3n) is 5.35. The second kappa shape index (κ2) is 8.92. The number of unbranched alkanes of at least 4 members (excludes halogenated alkanes) is 2. The molecule has 5 aromatic rings. The van der Waals surface area contributed by atoms with Crippen LogP contribution < -0.4 is 5.32 Å². The minimum absolute atomic E-state index is 0.114. The Morgan fingerprint density at radius 2 is 2.00 bits per heavy atom. The van der Waals surface area contributed by atoms with Gasteiger partial charge in [0.05, 0.1) is 11.4 Å². The molecule has 32 heavy (non-hydrogen) atoms. The van der Waals surface area contributed by atoms with Crippen molar-refractivity contribution in [3.63, 3.8) is 0 Å². The third-order valence-corrected chi connectivity index (χ3v) is 6.11. The van der Waals surface area contributed by atoms with Gasteiger partial charge < -0.3 is 9.73 Å². The first kappa shape index (κ1) is 20.4. The molecule has 8 heteroatoms. The van der Waals surface area contributed by atoms with Crippen LogP contribution >= 0.6 is 11.3 Å². The molecule has 3 heterocycles. The molecular weight excluding hydrogens is 422 g/mol. The number of fused-ring (bicyclic) bond motifs is 3. The monoisotopic (exact) mass is 445 g/mol. The van der Waals surface area contributed by atoms with Crippen LogP contribution in [0.1, 0.15) is 31.9 Å². The molecule has 7 nitrogen and oxygen atoms in total. The Morgan fingerprint density at radius 3 is 2.91 bits per heavy atom. The van der Waals surface area contributed by atoms with E-state index in [2.05, 4.69) is 39.7 Å². The van der Waals surface area contributed by atoms with Gasteiger partial charge in [0.25, 0.3) is 0 Å². The van der Waals surface area contributed by atoms with E-state index in [1.807, 2.05) is 41.9 Å². The molecule has 3 aromatic heterocycles. The van der Waals surface area contributed by atoms with Crippen molar-refractivity contribution in [3.8, 4) is 11.3 Å². The minimum Gasteiger partial charge on any atom is -0.456 e. The first-order chi connectivity index (χ1) is 15.7. The fourth-order valence-corrected chi connectivity index (χ4v) is 4.48. The van der Waals surface area contributed by atoms with Gasteiger partial charge in [0.15, 0.2) is 5.13 Å². The summed E-state index contributed by atoms with van der Waals surface area (Å²) < 4.78 is 7.47. The maximum Gasteiger partial charge on any atom is 0.247 e. The lowest BCUT2D eigenvalue weighted by atomic mass is 10.1. The zero-order valence-corrected chi connectivity index (χ0v) is 18.6. The van der Waals surface area contributed by atoms with E-state index in [-0.39, 0.29) is 12.5 Å². The number of furan rings is 1. The highest BCUT2D eigenvalue weighted by Gasteiger charge is 2.12. The highest BCUT2D eigenvalue weighted by atomic mass is 32.1. The lowest BCUT2D eigenvalue weighted by Crippen LogP contribution is -2.19. The molecule has 1 amide bonds. The Kier molecular flexibility index (Phi) is 5.68. The van der Waals surface area contributed by atoms with Crippen molar-refractivity contribution in [2.75, 3.05) is 5.32 Å². The number of aryl methyl sites for hydroxylation is 1. The fourth-order valence-electron chi connectivity index (χ4n) is 3.74. The number of anilines is 1. The van der Waals surface area contributed by atoms with Gasteiger partial charge in [0.1, 0.15) is 17.7 Å². The number of carbonyl (C=O) groups excluding carboxylic acids is 1. The van der Waals surface area contributed by atoms with Crippen molar-refractivity contribution in [3.05, 3.63) is 59.7 Å². The molecular formula is C24H23N5O2S. The average Bonchev–Trinajstić information content (AvgIpc) is 3.52. The first-order valence-electron chi connectivity index (χ1n) is 10.8. The van der Waals surface area contributed by atoms with E-state index in [1.54, 1.807) is 4.68 Å². The van der Waals surface area contributed by atoms with Gasteiger partial charge in [-0.1, -0.05) is 43.2 Å². The van der Waals surface area contributed by atoms with Gasteiger partial charge in [-0.15, -0.1) is 16.4 Å². The molecule has 0 saturated carbocycles. The smallest absolute Gasteiger partial charge is 0.247 e. The predicted molar refractivity (Wildman–Crippen MR) is 127 cm³/mol. The molecule has 0 radical (unpaired) electrons. The Hall–Kier alpha value is -3.52. The Morgan fingerprint density at radius 1 is 1.12 bits per heavy atom. The largest absolute Gasteiger partial charge is 0.456 e. The number of benzene rings is 2. The van der Waals surface area contributed by atoms with Crippen LogP contribution in [0.25, 0.3) is 33.2 Å². The van der Waals surface area contributed by atoms with Gasteiger partial charge in [-0.3, -0.25) is 4.79 Å². The van der Waals surface area contributed by atoms with Crippen LogP contribution in [0.4, 0.5) is 5.13 Å². The number of thiazole rings is 1. The highest BCUT2D eigenvalue weighted by molar-refractivity contribution is 7.14. The topological polar surface area (TPSA) is 85.8 Å². The number of rotatable bonds is 8. The number of aromatic nitrogens is 4. The minimum atomic E-state index is -0.174. The molecule has 162 valence electrons. The lowest BCUT2D eigenvalue weighted by Gasteiger charge is -2.01. The predicted octanol–water partition coefficient (Wildman–Crippen LogP) is 5.67. The van der Waals surface area contributed by atoms with Crippen LogP contribution in [-0.2, 0) is 17.8 Å². The molecule has 0 aliphatic rings. The maximum absolute atomic E-state index is 12.4. The van der Waals surface area contributed by atoms with Crippen molar-refractivity contribution in [1.82, 2.24) is 20.0 Å². The third kappa shape index (κ3) is 4.27. The van der Waals surface area contributed by atoms with E-state index in [0.29, 0.717) is 5.13 Å². The molecule has 0 saturated heterocycles. The zero-order valence-electron chi connectivity index (χ0n) is 17.7. The van der Waals surface area contributed by atoms with E-state index in [0.717, 1.165) is 51.7 Å². The second-order valence-electron chi connectivity index (χ2n) is 7.76. The standard InChI is InChI=1S/C24H23N5O2S/c1-2-3-4-7-17-13-29(28-27-17)14-23(30)26-24-25-20(15-32-24)16-10-11-22-19(12-16)18-8-5-6-9-21(18)31-22/h5-6,8-13,15H,2-4,7,14H2,1H3,(H,25,26,30). The number of hydrogen-bond acceptors (Lipinski definition) is 6. The number of carbonyl (C=O) groups is 1. The molecule has 0 aliphatic carbocycles. The van der Waals surface area contributed by atoms with Crippen LogP contribution in [0.15, 0.2) is 58.5 Å². The van der Waals surface area contributed by atoms with Crippen molar-refractivity contribution in [2.45, 2.75) is 39.2 Å².